The van der Waals surface area contributed by atoms with E-state index >= 15 is 0 Å². The highest BCUT2D eigenvalue weighted by molar-refractivity contribution is 6.16. The highest BCUT2D eigenvalue weighted by Gasteiger charge is 2.28. The number of aryl methyl sites for hydroxylation is 1. The Labute approximate surface area is 316 Å². The second-order valence-electron chi connectivity index (χ2n) is 13.9. The normalized spacial score (nSPS) is 15.4. The monoisotopic (exact) mass is 701 g/mol. The highest BCUT2D eigenvalue weighted by Crippen LogP contribution is 2.42. The second kappa shape index (κ2) is 14.1. The quantitative estimate of drug-likeness (QED) is 0.124. The molecule has 2 N–H and O–H groups in total. The molecular weight excluding hydrogens is 659 g/mol. The van der Waals surface area contributed by atoms with E-state index in [1.165, 1.54) is 49.4 Å². The van der Waals surface area contributed by atoms with Crippen LogP contribution in [-0.4, -0.2) is 19.5 Å². The second-order valence-corrected chi connectivity index (χ2v) is 13.9. The summed E-state index contributed by atoms with van der Waals surface area (Å²) in [5, 5.41) is 5.04. The summed E-state index contributed by atoms with van der Waals surface area (Å²) < 4.78 is 7.35. The minimum atomic E-state index is 0.0370. The van der Waals surface area contributed by atoms with Crippen molar-refractivity contribution >= 4 is 67.0 Å². The van der Waals surface area contributed by atoms with Crippen LogP contribution in [0.15, 0.2) is 169 Å². The summed E-state index contributed by atoms with van der Waals surface area (Å²) in [6.45, 7) is 4.88. The van der Waals surface area contributed by atoms with E-state index in [9.17, 15) is 0 Å². The van der Waals surface area contributed by atoms with Crippen LogP contribution in [0.2, 0.25) is 0 Å². The number of benzene rings is 5. The van der Waals surface area contributed by atoms with Gasteiger partial charge in [-0.25, -0.2) is 0 Å². The van der Waals surface area contributed by atoms with Gasteiger partial charge in [0.05, 0.1) is 34.8 Å². The van der Waals surface area contributed by atoms with Crippen molar-refractivity contribution in [2.45, 2.75) is 39.3 Å². The summed E-state index contributed by atoms with van der Waals surface area (Å²) >= 11 is 0. The molecule has 0 aliphatic heterocycles. The number of nitrogens with zero attached hydrogens (tertiary/aromatic N) is 4. The molecular formula is C49H43N5. The first kappa shape index (κ1) is 33.3. The fraction of sp³-hybridized carbons (Fsp3) is 0.122. The molecule has 0 radical (unpaired) electrons. The summed E-state index contributed by atoms with van der Waals surface area (Å²) in [4.78, 5) is 5.39. The maximum absolute atomic E-state index is 6.95. The topological polar surface area (TPSA) is 53.2 Å². The van der Waals surface area contributed by atoms with E-state index in [4.69, 9.17) is 10.7 Å². The van der Waals surface area contributed by atoms with Crippen molar-refractivity contribution in [2.75, 3.05) is 0 Å². The number of hydrogen-bond donors (Lipinski definition) is 1. The molecule has 1 unspecified atom stereocenters. The number of fused-ring (bicyclic) bond motifs is 6. The number of para-hydroxylation sites is 3. The van der Waals surface area contributed by atoms with Crippen molar-refractivity contribution in [3.63, 3.8) is 0 Å². The third-order valence-electron chi connectivity index (χ3n) is 10.7. The van der Waals surface area contributed by atoms with Crippen LogP contribution in [0, 0.1) is 0 Å². The molecule has 0 saturated heterocycles. The Hall–Kier alpha value is -6.59. The molecule has 5 nitrogen and oxygen atoms in total. The van der Waals surface area contributed by atoms with Gasteiger partial charge in [0.25, 0.3) is 0 Å². The van der Waals surface area contributed by atoms with Crippen molar-refractivity contribution in [3.05, 3.63) is 186 Å². The predicted octanol–water partition coefficient (Wildman–Crippen LogP) is 11.8. The van der Waals surface area contributed by atoms with Gasteiger partial charge in [-0.1, -0.05) is 134 Å². The molecule has 1 atom stereocenters. The van der Waals surface area contributed by atoms with Gasteiger partial charge >= 0.3 is 0 Å². The highest BCUT2D eigenvalue weighted by atomic mass is 15.2. The van der Waals surface area contributed by atoms with Gasteiger partial charge in [0.1, 0.15) is 11.5 Å². The van der Waals surface area contributed by atoms with E-state index in [0.29, 0.717) is 12.2 Å². The van der Waals surface area contributed by atoms with Crippen molar-refractivity contribution in [3.8, 4) is 0 Å². The minimum absolute atomic E-state index is 0.0370. The largest absolute Gasteiger partial charge is 0.398 e. The molecule has 8 aromatic rings. The van der Waals surface area contributed by atoms with E-state index < -0.39 is 0 Å². The SMILES string of the molecule is C/C=C\c1c(CC)c2c3ccccc3n(C3C=C(n4c5ccccc5c5ccccc54)C=CC3)c2n1C(/C=C(\N)c1ccccc1)=N/Cc1ccccc1. The van der Waals surface area contributed by atoms with Crippen molar-refractivity contribution < 1.29 is 0 Å². The summed E-state index contributed by atoms with van der Waals surface area (Å²) in [6.07, 6.45) is 15.2. The molecule has 3 heterocycles. The van der Waals surface area contributed by atoms with Gasteiger partial charge in [0.2, 0.25) is 0 Å². The van der Waals surface area contributed by atoms with Gasteiger partial charge in [0, 0.05) is 39.0 Å². The number of aromatic nitrogens is 3. The van der Waals surface area contributed by atoms with Gasteiger partial charge in [-0.05, 0) is 72.9 Å². The average molecular weight is 702 g/mol. The molecule has 0 saturated carbocycles. The van der Waals surface area contributed by atoms with E-state index in [1.807, 2.05) is 24.3 Å². The molecule has 1 aliphatic carbocycles. The first-order valence-electron chi connectivity index (χ1n) is 18.9. The van der Waals surface area contributed by atoms with Crippen LogP contribution in [0.4, 0.5) is 0 Å². The van der Waals surface area contributed by atoms with E-state index in [0.717, 1.165) is 41.1 Å². The average Bonchev–Trinajstić information content (AvgIpc) is 3.85. The van der Waals surface area contributed by atoms with Crippen LogP contribution in [0.25, 0.3) is 61.2 Å². The fourth-order valence-corrected chi connectivity index (χ4v) is 8.37. The van der Waals surface area contributed by atoms with Gasteiger partial charge in [0.15, 0.2) is 0 Å². The summed E-state index contributed by atoms with van der Waals surface area (Å²) in [7, 11) is 0. The third-order valence-corrected chi connectivity index (χ3v) is 10.7. The molecule has 1 aliphatic rings. The van der Waals surface area contributed by atoms with Crippen LogP contribution in [-0.2, 0) is 13.0 Å². The minimum Gasteiger partial charge on any atom is -0.398 e. The maximum Gasteiger partial charge on any atom is 0.136 e. The Morgan fingerprint density at radius 1 is 0.759 bits per heavy atom. The van der Waals surface area contributed by atoms with E-state index in [2.05, 4.69) is 173 Å². The van der Waals surface area contributed by atoms with Crippen LogP contribution in [0.1, 0.15) is 48.7 Å². The summed E-state index contributed by atoms with van der Waals surface area (Å²) in [5.41, 5.74) is 18.1. The van der Waals surface area contributed by atoms with Crippen LogP contribution >= 0.6 is 0 Å². The molecule has 54 heavy (non-hydrogen) atoms. The van der Waals surface area contributed by atoms with Crippen molar-refractivity contribution in [2.24, 2.45) is 10.7 Å². The smallest absolute Gasteiger partial charge is 0.136 e. The molecule has 0 spiro atoms. The molecule has 0 fully saturated rings. The first-order valence-corrected chi connectivity index (χ1v) is 18.9. The summed E-state index contributed by atoms with van der Waals surface area (Å²) in [5.74, 6) is 0.806. The molecule has 3 aromatic heterocycles. The van der Waals surface area contributed by atoms with E-state index in [1.54, 1.807) is 0 Å². The van der Waals surface area contributed by atoms with E-state index in [-0.39, 0.29) is 6.04 Å². The lowest BCUT2D eigenvalue weighted by molar-refractivity contribution is 0.640. The third kappa shape index (κ3) is 5.60. The molecule has 9 rings (SSSR count). The van der Waals surface area contributed by atoms with Gasteiger partial charge < -0.3 is 14.9 Å². The van der Waals surface area contributed by atoms with Crippen molar-refractivity contribution in [1.82, 2.24) is 13.7 Å². The first-order chi connectivity index (χ1) is 26.7. The molecule has 0 amide bonds. The molecule has 0 bridgehead atoms. The van der Waals surface area contributed by atoms with Crippen molar-refractivity contribution in [1.29, 1.82) is 0 Å². The lowest BCUT2D eigenvalue weighted by Gasteiger charge is -2.23. The summed E-state index contributed by atoms with van der Waals surface area (Å²) in [6, 6.07) is 47.0. The standard InChI is InChI=1S/C49H43N5/c1-3-18-43-38(4-2)48-41-27-13-16-30-46(41)53(37-24-17-23-36(31-37)52-44-28-14-11-25-39(44)40-26-12-15-29-45(40)52)49(48)54(43)47(51-33-34-19-7-5-8-20-34)32-42(50)35-21-9-6-10-22-35/h3,5-23,25-32,37H,4,24,33,50H2,1-2H3/b18-3-,42-32-,51-47+. The zero-order valence-corrected chi connectivity index (χ0v) is 30.7. The number of allylic oxidation sites excluding steroid dienone is 6. The lowest BCUT2D eigenvalue weighted by atomic mass is 10.1. The number of nitrogens with two attached hydrogens (primary N) is 1. The molecule has 5 aromatic carbocycles. The van der Waals surface area contributed by atoms with Crippen LogP contribution in [0.5, 0.6) is 0 Å². The number of rotatable bonds is 8. The molecule has 264 valence electrons. The fourth-order valence-electron chi connectivity index (χ4n) is 8.37. The Morgan fingerprint density at radius 3 is 2.04 bits per heavy atom. The Balaban J connectivity index is 1.33. The van der Waals surface area contributed by atoms with Gasteiger partial charge in [-0.2, -0.15) is 0 Å². The number of hydrogen-bond acceptors (Lipinski definition) is 2. The Bertz CT molecular complexity index is 2760. The predicted molar refractivity (Wildman–Crippen MR) is 230 cm³/mol. The van der Waals surface area contributed by atoms with Crippen LogP contribution < -0.4 is 5.73 Å². The Morgan fingerprint density at radius 2 is 1.37 bits per heavy atom. The van der Waals surface area contributed by atoms with Gasteiger partial charge in [-0.15, -0.1) is 0 Å². The maximum atomic E-state index is 6.95. The van der Waals surface area contributed by atoms with Crippen LogP contribution in [0.3, 0.4) is 0 Å². The zero-order valence-electron chi connectivity index (χ0n) is 30.7. The number of aliphatic imine (C=N–C) groups is 1. The Kier molecular flexibility index (Phi) is 8.68. The van der Waals surface area contributed by atoms with Gasteiger partial charge in [-0.3, -0.25) is 9.56 Å². The molecule has 5 heteroatoms. The zero-order chi connectivity index (χ0) is 36.6. The lowest BCUT2D eigenvalue weighted by Crippen LogP contribution is -2.18.